The molecule has 0 aliphatic rings. The maximum absolute atomic E-state index is 2.69. The minimum atomic E-state index is -0.282. The van der Waals surface area contributed by atoms with E-state index >= 15 is 0 Å². The van der Waals surface area contributed by atoms with Crippen LogP contribution in [-0.2, 0) is 8.84 Å². The van der Waals surface area contributed by atoms with E-state index in [1.807, 2.05) is 0 Å². The van der Waals surface area contributed by atoms with Gasteiger partial charge in [-0.15, -0.1) is 0 Å². The summed E-state index contributed by atoms with van der Waals surface area (Å²) in [5.41, 5.74) is 4.96. The minimum Gasteiger partial charge on any atom is -0.0670 e. The summed E-state index contributed by atoms with van der Waals surface area (Å²) in [5.74, 6) is 0. The first-order valence-corrected chi connectivity index (χ1v) is 10.7. The van der Waals surface area contributed by atoms with E-state index in [4.69, 9.17) is 0 Å². The predicted molar refractivity (Wildman–Crippen MR) is 127 cm³/mol. The van der Waals surface area contributed by atoms with Gasteiger partial charge in [-0.05, 0) is 29.2 Å². The smallest absolute Gasteiger partial charge is 0.0670 e. The third kappa shape index (κ3) is 3.08. The Morgan fingerprint density at radius 2 is 0.679 bits per heavy atom. The van der Waals surface area contributed by atoms with Crippen molar-refractivity contribution in [3.05, 3.63) is 144 Å². The van der Waals surface area contributed by atoms with Crippen molar-refractivity contribution < 1.29 is 0 Å². The Balaban J connectivity index is 2.09. The lowest BCUT2D eigenvalue weighted by Gasteiger charge is -2.47. The molecule has 0 unspecified atom stereocenters. The zero-order valence-corrected chi connectivity index (χ0v) is 18.1. The van der Waals surface area contributed by atoms with E-state index in [0.717, 1.165) is 0 Å². The highest BCUT2D eigenvalue weighted by molar-refractivity contribution is 14.1. The fraction of sp³-hybridized carbons (Fsp3) is 0.111. The largest absolute Gasteiger partial charge is 0.0853 e. The van der Waals surface area contributed by atoms with Crippen molar-refractivity contribution in [3.8, 4) is 0 Å². The van der Waals surface area contributed by atoms with Crippen LogP contribution in [0.2, 0.25) is 0 Å². The van der Waals surface area contributed by atoms with Crippen molar-refractivity contribution in [2.75, 3.05) is 0 Å². The highest BCUT2D eigenvalue weighted by Crippen LogP contribution is 2.56. The molecule has 0 saturated carbocycles. The zero-order valence-electron chi connectivity index (χ0n) is 15.9. The molecular weight excluding hydrogens is 451 g/mol. The Hall–Kier alpha value is -2.39. The number of benzene rings is 4. The molecule has 0 spiro atoms. The van der Waals surface area contributed by atoms with Crippen LogP contribution in [-0.4, -0.2) is 0 Å². The summed E-state index contributed by atoms with van der Waals surface area (Å²) in [6.07, 6.45) is 0. The molecule has 0 aromatic heterocycles. The molecule has 0 aliphatic heterocycles. The average molecular weight is 474 g/mol. The Kier molecular flexibility index (Phi) is 5.36. The normalized spacial score (nSPS) is 11.9. The lowest BCUT2D eigenvalue weighted by atomic mass is 9.62. The Morgan fingerprint density at radius 3 is 0.964 bits per heavy atom. The third-order valence-electron chi connectivity index (χ3n) is 5.73. The summed E-state index contributed by atoms with van der Waals surface area (Å²) < 4.78 is -0.282. The van der Waals surface area contributed by atoms with Gasteiger partial charge in [0.15, 0.2) is 0 Å². The van der Waals surface area contributed by atoms with Crippen LogP contribution in [0.5, 0.6) is 0 Å². The van der Waals surface area contributed by atoms with Crippen LogP contribution in [0.4, 0.5) is 0 Å². The number of hydrogen-bond acceptors (Lipinski definition) is 0. The van der Waals surface area contributed by atoms with Gasteiger partial charge in [-0.3, -0.25) is 0 Å². The second-order valence-corrected chi connectivity index (χ2v) is 8.87. The van der Waals surface area contributed by atoms with E-state index in [1.54, 1.807) is 0 Å². The second kappa shape index (κ2) is 7.92. The summed E-state index contributed by atoms with van der Waals surface area (Å²) in [5, 5.41) is 0. The number of hydrogen-bond donors (Lipinski definition) is 0. The molecule has 0 aliphatic carbocycles. The molecule has 28 heavy (non-hydrogen) atoms. The van der Waals surface area contributed by atoms with Crippen LogP contribution in [0.25, 0.3) is 0 Å². The second-order valence-electron chi connectivity index (χ2n) is 7.25. The van der Waals surface area contributed by atoms with Crippen molar-refractivity contribution in [2.45, 2.75) is 15.8 Å². The van der Waals surface area contributed by atoms with E-state index in [1.165, 1.54) is 22.3 Å². The van der Waals surface area contributed by atoms with Crippen molar-refractivity contribution in [1.82, 2.24) is 0 Å². The van der Waals surface area contributed by atoms with Gasteiger partial charge in [-0.25, -0.2) is 0 Å². The first-order valence-electron chi connectivity index (χ1n) is 9.58. The topological polar surface area (TPSA) is 0 Å². The van der Waals surface area contributed by atoms with Gasteiger partial charge in [-0.1, -0.05) is 144 Å². The molecule has 0 fully saturated rings. The monoisotopic (exact) mass is 474 g/mol. The molecule has 138 valence electrons. The molecule has 0 N–H and O–H groups in total. The van der Waals surface area contributed by atoms with Crippen molar-refractivity contribution in [3.63, 3.8) is 0 Å². The zero-order chi connectivity index (χ0) is 19.5. The van der Waals surface area contributed by atoms with Gasteiger partial charge in [0.1, 0.15) is 0 Å². The Bertz CT molecular complexity index is 843. The summed E-state index contributed by atoms with van der Waals surface area (Å²) in [7, 11) is 0. The standard InChI is InChI=1S/C27H23I/c1-26(22-14-6-2-7-15-22,23-16-8-3-9-17-23)27(28,24-18-10-4-11-19-24)25-20-12-5-13-21-25/h2-21H,1H3. The molecule has 0 heterocycles. The highest BCUT2D eigenvalue weighted by Gasteiger charge is 2.50. The molecule has 4 aromatic carbocycles. The van der Waals surface area contributed by atoms with Gasteiger partial charge in [0.05, 0.1) is 3.42 Å². The molecule has 1 heteroatoms. The van der Waals surface area contributed by atoms with Crippen LogP contribution in [0.1, 0.15) is 29.2 Å². The Morgan fingerprint density at radius 1 is 0.429 bits per heavy atom. The summed E-state index contributed by atoms with van der Waals surface area (Å²) in [6, 6.07) is 43.5. The molecule has 0 bridgehead atoms. The fourth-order valence-electron chi connectivity index (χ4n) is 4.19. The maximum atomic E-state index is 2.69. The fourth-order valence-corrected chi connectivity index (χ4v) is 5.53. The van der Waals surface area contributed by atoms with Crippen LogP contribution >= 0.6 is 22.6 Å². The van der Waals surface area contributed by atoms with E-state index in [2.05, 4.69) is 151 Å². The van der Waals surface area contributed by atoms with Gasteiger partial charge in [-0.2, -0.15) is 0 Å². The number of alkyl halides is 1. The lowest BCUT2D eigenvalue weighted by Crippen LogP contribution is -2.44. The highest BCUT2D eigenvalue weighted by atomic mass is 127. The summed E-state index contributed by atoms with van der Waals surface area (Å²) >= 11 is 2.69. The third-order valence-corrected chi connectivity index (χ3v) is 8.06. The quantitative estimate of drug-likeness (QED) is 0.209. The Labute approximate surface area is 181 Å². The van der Waals surface area contributed by atoms with Gasteiger partial charge in [0, 0.05) is 5.41 Å². The summed E-state index contributed by atoms with van der Waals surface area (Å²) in [4.78, 5) is 0. The summed E-state index contributed by atoms with van der Waals surface area (Å²) in [6.45, 7) is 2.38. The van der Waals surface area contributed by atoms with Gasteiger partial charge >= 0.3 is 0 Å². The maximum Gasteiger partial charge on any atom is 0.0853 e. The molecule has 0 radical (unpaired) electrons. The van der Waals surface area contributed by atoms with Crippen molar-refractivity contribution in [2.24, 2.45) is 0 Å². The first kappa shape index (κ1) is 18.9. The molecular formula is C27H23I. The van der Waals surface area contributed by atoms with E-state index in [0.29, 0.717) is 0 Å². The van der Waals surface area contributed by atoms with Gasteiger partial charge < -0.3 is 0 Å². The van der Waals surface area contributed by atoms with Gasteiger partial charge in [0.25, 0.3) is 0 Å². The molecule has 0 saturated heterocycles. The van der Waals surface area contributed by atoms with Crippen LogP contribution in [0, 0.1) is 0 Å². The molecule has 4 rings (SSSR count). The van der Waals surface area contributed by atoms with Crippen LogP contribution < -0.4 is 0 Å². The molecule has 0 nitrogen and oxygen atoms in total. The van der Waals surface area contributed by atoms with E-state index in [9.17, 15) is 0 Å². The average Bonchev–Trinajstić information content (AvgIpc) is 2.80. The number of rotatable bonds is 5. The SMILES string of the molecule is CC(c1ccccc1)(c1ccccc1)C(I)(c1ccccc1)c1ccccc1. The molecule has 0 amide bonds. The van der Waals surface area contributed by atoms with E-state index in [-0.39, 0.29) is 8.84 Å². The van der Waals surface area contributed by atoms with Crippen LogP contribution in [0.3, 0.4) is 0 Å². The molecule has 0 atom stereocenters. The van der Waals surface area contributed by atoms with Crippen LogP contribution in [0.15, 0.2) is 121 Å². The predicted octanol–water partition coefficient (Wildman–Crippen LogP) is 7.37. The minimum absolute atomic E-state index is 0.265. The van der Waals surface area contributed by atoms with E-state index < -0.39 is 0 Å². The van der Waals surface area contributed by atoms with Crippen molar-refractivity contribution in [1.29, 1.82) is 0 Å². The van der Waals surface area contributed by atoms with Crippen molar-refractivity contribution >= 4 is 22.6 Å². The molecule has 4 aromatic rings. The first-order chi connectivity index (χ1) is 13.7. The van der Waals surface area contributed by atoms with Gasteiger partial charge in [0.2, 0.25) is 0 Å². The number of halogens is 1. The lowest BCUT2D eigenvalue weighted by molar-refractivity contribution is 0.478.